The van der Waals surface area contributed by atoms with Crippen LogP contribution in [0.5, 0.6) is 11.5 Å². The van der Waals surface area contributed by atoms with Crippen molar-refractivity contribution in [1.82, 2.24) is 0 Å². The summed E-state index contributed by atoms with van der Waals surface area (Å²) in [6.07, 6.45) is 0. The van der Waals surface area contributed by atoms with Crippen molar-refractivity contribution in [2.75, 3.05) is 12.8 Å². The highest BCUT2D eigenvalue weighted by Gasteiger charge is 2.11. The Labute approximate surface area is 123 Å². The van der Waals surface area contributed by atoms with Crippen molar-refractivity contribution in [3.63, 3.8) is 0 Å². The highest BCUT2D eigenvalue weighted by molar-refractivity contribution is 9.10. The Balaban J connectivity index is 2.28. The van der Waals surface area contributed by atoms with Crippen LogP contribution in [-0.4, -0.2) is 13.1 Å². The first kappa shape index (κ1) is 14.3. The van der Waals surface area contributed by atoms with Gasteiger partial charge < -0.3 is 15.2 Å². The maximum Gasteiger partial charge on any atom is 0.337 e. The van der Waals surface area contributed by atoms with Gasteiger partial charge in [-0.25, -0.2) is 9.18 Å². The lowest BCUT2D eigenvalue weighted by Crippen LogP contribution is -2.03. The smallest absolute Gasteiger partial charge is 0.337 e. The predicted molar refractivity (Wildman–Crippen MR) is 76.4 cm³/mol. The zero-order valence-corrected chi connectivity index (χ0v) is 12.1. The van der Waals surface area contributed by atoms with Gasteiger partial charge in [-0.1, -0.05) is 15.9 Å². The van der Waals surface area contributed by atoms with Crippen LogP contribution >= 0.6 is 15.9 Å². The minimum atomic E-state index is -0.518. The van der Waals surface area contributed by atoms with E-state index in [-0.39, 0.29) is 17.2 Å². The number of hydrogen-bond acceptors (Lipinski definition) is 4. The highest BCUT2D eigenvalue weighted by atomic mass is 79.9. The molecule has 0 aliphatic rings. The molecule has 20 heavy (non-hydrogen) atoms. The number of methoxy groups -OCH3 is 1. The largest absolute Gasteiger partial charge is 0.465 e. The molecule has 0 heterocycles. The van der Waals surface area contributed by atoms with Gasteiger partial charge >= 0.3 is 5.97 Å². The van der Waals surface area contributed by atoms with Gasteiger partial charge in [0.15, 0.2) is 17.3 Å². The van der Waals surface area contributed by atoms with Crippen LogP contribution in [0.4, 0.5) is 10.1 Å². The Morgan fingerprint density at radius 1 is 1.20 bits per heavy atom. The second-order valence-electron chi connectivity index (χ2n) is 3.92. The molecule has 2 rings (SSSR count). The van der Waals surface area contributed by atoms with Gasteiger partial charge in [-0.15, -0.1) is 0 Å². The van der Waals surface area contributed by atoms with Crippen molar-refractivity contribution < 1.29 is 18.7 Å². The molecule has 0 bridgehead atoms. The number of halogens is 2. The van der Waals surface area contributed by atoms with Crippen LogP contribution in [0.25, 0.3) is 0 Å². The summed E-state index contributed by atoms with van der Waals surface area (Å²) in [5.74, 6) is -0.710. The van der Waals surface area contributed by atoms with Crippen LogP contribution in [-0.2, 0) is 4.74 Å². The molecule has 104 valence electrons. The maximum absolute atomic E-state index is 13.7. The number of carbonyl (C=O) groups excluding carboxylic acids is 1. The summed E-state index contributed by atoms with van der Waals surface area (Å²) in [4.78, 5) is 11.3. The number of benzene rings is 2. The molecule has 0 unspecified atom stereocenters. The van der Waals surface area contributed by atoms with Crippen LogP contribution in [0, 0.1) is 5.82 Å². The zero-order chi connectivity index (χ0) is 14.7. The Morgan fingerprint density at radius 3 is 2.50 bits per heavy atom. The van der Waals surface area contributed by atoms with Gasteiger partial charge in [-0.05, 0) is 36.4 Å². The molecule has 2 aromatic rings. The van der Waals surface area contributed by atoms with E-state index in [1.807, 2.05) is 0 Å². The Morgan fingerprint density at radius 2 is 1.90 bits per heavy atom. The molecule has 0 radical (unpaired) electrons. The number of nitrogen functional groups attached to an aromatic ring is 1. The third-order valence-corrected chi connectivity index (χ3v) is 3.04. The van der Waals surface area contributed by atoms with Gasteiger partial charge in [0.05, 0.1) is 18.4 Å². The normalized spacial score (nSPS) is 10.2. The predicted octanol–water partition coefficient (Wildman–Crippen LogP) is 3.75. The van der Waals surface area contributed by atoms with E-state index >= 15 is 0 Å². The maximum atomic E-state index is 13.7. The third-order valence-electron chi connectivity index (χ3n) is 2.54. The lowest BCUT2D eigenvalue weighted by atomic mass is 10.2. The number of nitrogens with two attached hydrogens (primary N) is 1. The summed E-state index contributed by atoms with van der Waals surface area (Å²) in [7, 11) is 1.28. The van der Waals surface area contributed by atoms with Crippen molar-refractivity contribution in [2.45, 2.75) is 0 Å². The summed E-state index contributed by atoms with van der Waals surface area (Å²) in [6, 6.07) is 8.81. The van der Waals surface area contributed by atoms with E-state index in [0.717, 1.165) is 0 Å². The quantitative estimate of drug-likeness (QED) is 0.683. The van der Waals surface area contributed by atoms with E-state index in [2.05, 4.69) is 20.7 Å². The number of hydrogen-bond donors (Lipinski definition) is 1. The summed E-state index contributed by atoms with van der Waals surface area (Å²) in [5.41, 5.74) is 6.29. The van der Waals surface area contributed by atoms with E-state index in [4.69, 9.17) is 10.5 Å². The molecule has 6 heteroatoms. The number of esters is 1. The van der Waals surface area contributed by atoms with Crippen LogP contribution in [0.2, 0.25) is 0 Å². The lowest BCUT2D eigenvalue weighted by Gasteiger charge is -2.10. The van der Waals surface area contributed by atoms with Crippen molar-refractivity contribution in [3.05, 3.63) is 52.3 Å². The van der Waals surface area contributed by atoms with Gasteiger partial charge in [0.1, 0.15) is 0 Å². The molecule has 0 aliphatic heterocycles. The first-order valence-electron chi connectivity index (χ1n) is 5.62. The van der Waals surface area contributed by atoms with Gasteiger partial charge in [-0.2, -0.15) is 0 Å². The molecule has 0 saturated carbocycles. The molecule has 0 fully saturated rings. The first-order valence-corrected chi connectivity index (χ1v) is 6.41. The van der Waals surface area contributed by atoms with Crippen LogP contribution in [0.15, 0.2) is 40.9 Å². The van der Waals surface area contributed by atoms with Gasteiger partial charge in [0.25, 0.3) is 0 Å². The average molecular weight is 340 g/mol. The summed E-state index contributed by atoms with van der Waals surface area (Å²) >= 11 is 3.16. The second kappa shape index (κ2) is 5.92. The van der Waals surface area contributed by atoms with E-state index < -0.39 is 11.8 Å². The standard InChI is InChI=1S/C14H11BrFNO3/c1-19-14(18)8-2-4-13(11(17)6-8)20-12-5-3-9(15)7-10(12)16/h2-7H,17H2,1H3. The highest BCUT2D eigenvalue weighted by Crippen LogP contribution is 2.31. The first-order chi connectivity index (χ1) is 9.51. The lowest BCUT2D eigenvalue weighted by molar-refractivity contribution is 0.0601. The van der Waals surface area contributed by atoms with Crippen LogP contribution < -0.4 is 10.5 Å². The van der Waals surface area contributed by atoms with E-state index in [1.165, 1.54) is 37.4 Å². The zero-order valence-electron chi connectivity index (χ0n) is 10.5. The van der Waals surface area contributed by atoms with Gasteiger partial charge in [0.2, 0.25) is 0 Å². The van der Waals surface area contributed by atoms with Crippen molar-refractivity contribution in [1.29, 1.82) is 0 Å². The Bertz CT molecular complexity index is 661. The summed E-state index contributed by atoms with van der Waals surface area (Å²) in [6.45, 7) is 0. The molecule has 0 saturated heterocycles. The topological polar surface area (TPSA) is 61.5 Å². The minimum Gasteiger partial charge on any atom is -0.465 e. The number of carbonyl (C=O) groups is 1. The van der Waals surface area contributed by atoms with E-state index in [1.54, 1.807) is 6.07 Å². The van der Waals surface area contributed by atoms with Crippen LogP contribution in [0.3, 0.4) is 0 Å². The fraction of sp³-hybridized carbons (Fsp3) is 0.0714. The van der Waals surface area contributed by atoms with Crippen molar-refractivity contribution in [3.8, 4) is 11.5 Å². The number of anilines is 1. The number of ether oxygens (including phenoxy) is 2. The molecule has 4 nitrogen and oxygen atoms in total. The SMILES string of the molecule is COC(=O)c1ccc(Oc2ccc(Br)cc2F)c(N)c1. The molecule has 0 amide bonds. The Kier molecular flexibility index (Phi) is 4.24. The summed E-state index contributed by atoms with van der Waals surface area (Å²) in [5, 5.41) is 0. The summed E-state index contributed by atoms with van der Waals surface area (Å²) < 4.78 is 24.2. The fourth-order valence-corrected chi connectivity index (χ4v) is 1.90. The second-order valence-corrected chi connectivity index (χ2v) is 4.84. The van der Waals surface area contributed by atoms with Gasteiger partial charge in [-0.3, -0.25) is 0 Å². The molecule has 0 aliphatic carbocycles. The monoisotopic (exact) mass is 339 g/mol. The van der Waals surface area contributed by atoms with Gasteiger partial charge in [0, 0.05) is 4.47 Å². The van der Waals surface area contributed by atoms with E-state index in [9.17, 15) is 9.18 Å². The molecule has 0 aromatic heterocycles. The average Bonchev–Trinajstić information content (AvgIpc) is 2.42. The molecule has 2 N–H and O–H groups in total. The number of rotatable bonds is 3. The minimum absolute atomic E-state index is 0.0470. The molecular weight excluding hydrogens is 329 g/mol. The molecule has 2 aromatic carbocycles. The molecular formula is C14H11BrFNO3. The van der Waals surface area contributed by atoms with Crippen molar-refractivity contribution >= 4 is 27.6 Å². The molecule has 0 spiro atoms. The molecule has 0 atom stereocenters. The van der Waals surface area contributed by atoms with E-state index in [0.29, 0.717) is 10.0 Å². The Hall–Kier alpha value is -2.08. The fourth-order valence-electron chi connectivity index (χ4n) is 1.56. The third kappa shape index (κ3) is 3.08. The van der Waals surface area contributed by atoms with Crippen molar-refractivity contribution in [2.24, 2.45) is 0 Å². The van der Waals surface area contributed by atoms with Crippen LogP contribution in [0.1, 0.15) is 10.4 Å².